The summed E-state index contributed by atoms with van der Waals surface area (Å²) < 4.78 is 44.1. The Kier molecular flexibility index (Phi) is 6.94. The first kappa shape index (κ1) is 23.4. The molecule has 164 valence electrons. The highest BCUT2D eigenvalue weighted by molar-refractivity contribution is 5.84. The number of hydrogen-bond acceptors (Lipinski definition) is 6. The molecular weight excluding hydrogens is 405 g/mol. The van der Waals surface area contributed by atoms with Gasteiger partial charge in [0.05, 0.1) is 12.2 Å². The van der Waals surface area contributed by atoms with Crippen LogP contribution < -0.4 is 16.3 Å². The van der Waals surface area contributed by atoms with Crippen LogP contribution in [-0.4, -0.2) is 35.4 Å². The third kappa shape index (κ3) is 5.61. The quantitative estimate of drug-likeness (QED) is 0.481. The Balaban J connectivity index is 2.02. The first-order chi connectivity index (χ1) is 13.8. The smallest absolute Gasteiger partial charge is 0.417 e. The van der Waals surface area contributed by atoms with E-state index in [1.165, 1.54) is 18.2 Å². The lowest BCUT2D eigenvalue weighted by molar-refractivity contribution is -0.137. The van der Waals surface area contributed by atoms with Crippen molar-refractivity contribution in [2.75, 3.05) is 18.5 Å². The normalized spacial score (nSPS) is 13.2. The molecule has 0 saturated carbocycles. The standard InChI is InChI=1S/C20H23F3N2O5/c1-11(6-7-24-18(29)17(28)19(2,3)10-26)25-12-4-5-13-14(20(21,22)23)9-16(27)30-15(13)8-12/h4-5,8-9,17,25-26,28H,1,6-7,10H2,2-3H3,(H,24,29)/t17-/m0/s1. The summed E-state index contributed by atoms with van der Waals surface area (Å²) in [4.78, 5) is 23.4. The maximum absolute atomic E-state index is 13.1. The number of aliphatic hydroxyl groups is 2. The van der Waals surface area contributed by atoms with Gasteiger partial charge in [0, 0.05) is 47.3 Å². The van der Waals surface area contributed by atoms with Crippen molar-refractivity contribution in [2.24, 2.45) is 5.41 Å². The maximum atomic E-state index is 13.1. The third-order valence-electron chi connectivity index (χ3n) is 4.49. The second kappa shape index (κ2) is 8.88. The summed E-state index contributed by atoms with van der Waals surface area (Å²) in [5.41, 5.74) is -2.63. The molecule has 2 aromatic rings. The van der Waals surface area contributed by atoms with Crippen molar-refractivity contribution in [2.45, 2.75) is 32.5 Å². The topological polar surface area (TPSA) is 112 Å². The van der Waals surface area contributed by atoms with Crippen LogP contribution in [0.4, 0.5) is 18.9 Å². The molecular formula is C20H23F3N2O5. The molecule has 0 fully saturated rings. The van der Waals surface area contributed by atoms with Crippen molar-refractivity contribution >= 4 is 22.6 Å². The van der Waals surface area contributed by atoms with Gasteiger partial charge in [-0.05, 0) is 12.1 Å². The van der Waals surface area contributed by atoms with E-state index in [1.54, 1.807) is 13.8 Å². The van der Waals surface area contributed by atoms with Gasteiger partial charge >= 0.3 is 11.8 Å². The second-order valence-corrected chi connectivity index (χ2v) is 7.51. The minimum atomic E-state index is -4.69. The van der Waals surface area contributed by atoms with Gasteiger partial charge in [0.1, 0.15) is 11.7 Å². The van der Waals surface area contributed by atoms with Crippen LogP contribution in [0.1, 0.15) is 25.8 Å². The Bertz CT molecular complexity index is 998. The second-order valence-electron chi connectivity index (χ2n) is 7.51. The fourth-order valence-electron chi connectivity index (χ4n) is 2.62. The van der Waals surface area contributed by atoms with E-state index in [4.69, 9.17) is 4.42 Å². The molecule has 0 bridgehead atoms. The largest absolute Gasteiger partial charge is 0.423 e. The first-order valence-corrected chi connectivity index (χ1v) is 9.01. The van der Waals surface area contributed by atoms with Crippen molar-refractivity contribution in [1.82, 2.24) is 5.32 Å². The molecule has 0 aliphatic heterocycles. The molecule has 1 aromatic carbocycles. The lowest BCUT2D eigenvalue weighted by Gasteiger charge is -2.27. The summed E-state index contributed by atoms with van der Waals surface area (Å²) in [6.45, 7) is 6.62. The molecule has 0 saturated heterocycles. The van der Waals surface area contributed by atoms with Gasteiger partial charge in [-0.1, -0.05) is 20.4 Å². The Labute approximate surface area is 170 Å². The van der Waals surface area contributed by atoms with E-state index < -0.39 is 34.8 Å². The molecule has 10 heteroatoms. The highest BCUT2D eigenvalue weighted by atomic mass is 19.4. The molecule has 1 aromatic heterocycles. The van der Waals surface area contributed by atoms with E-state index in [0.29, 0.717) is 17.5 Å². The number of nitrogens with one attached hydrogen (secondary N) is 2. The number of carbonyl (C=O) groups is 1. The number of alkyl halides is 3. The van der Waals surface area contributed by atoms with Gasteiger partial charge in [0.25, 0.3) is 0 Å². The van der Waals surface area contributed by atoms with Crippen LogP contribution in [-0.2, 0) is 11.0 Å². The summed E-state index contributed by atoms with van der Waals surface area (Å²) in [5.74, 6) is -0.644. The Morgan fingerprint density at radius 2 is 1.93 bits per heavy atom. The number of fused-ring (bicyclic) bond motifs is 1. The predicted octanol–water partition coefficient (Wildman–Crippen LogP) is 2.62. The van der Waals surface area contributed by atoms with Gasteiger partial charge in [-0.15, -0.1) is 0 Å². The van der Waals surface area contributed by atoms with Gasteiger partial charge in [-0.3, -0.25) is 4.79 Å². The van der Waals surface area contributed by atoms with Crippen LogP contribution in [0, 0.1) is 5.41 Å². The van der Waals surface area contributed by atoms with Gasteiger partial charge in [0.15, 0.2) is 0 Å². The lowest BCUT2D eigenvalue weighted by atomic mass is 9.87. The molecule has 1 heterocycles. The summed E-state index contributed by atoms with van der Waals surface area (Å²) >= 11 is 0. The lowest BCUT2D eigenvalue weighted by Crippen LogP contribution is -2.45. The van der Waals surface area contributed by atoms with Crippen molar-refractivity contribution < 1.29 is 32.6 Å². The number of aliphatic hydroxyl groups excluding tert-OH is 2. The summed E-state index contributed by atoms with van der Waals surface area (Å²) in [7, 11) is 0. The summed E-state index contributed by atoms with van der Waals surface area (Å²) in [6.07, 6.45) is -5.84. The minimum Gasteiger partial charge on any atom is -0.423 e. The fraction of sp³-hybridized carbons (Fsp3) is 0.400. The SMILES string of the molecule is C=C(CCNC(=O)[C@H](O)C(C)(C)CO)Nc1ccc2c(C(F)(F)F)cc(=O)oc2c1. The average molecular weight is 428 g/mol. The molecule has 2 rings (SSSR count). The molecule has 4 N–H and O–H groups in total. The maximum Gasteiger partial charge on any atom is 0.417 e. The van der Waals surface area contributed by atoms with Crippen LogP contribution in [0.5, 0.6) is 0 Å². The molecule has 30 heavy (non-hydrogen) atoms. The summed E-state index contributed by atoms with van der Waals surface area (Å²) in [5, 5.41) is 24.2. The van der Waals surface area contributed by atoms with E-state index in [9.17, 15) is 33.0 Å². The number of carbonyl (C=O) groups excluding carboxylic acids is 1. The average Bonchev–Trinajstić information content (AvgIpc) is 2.65. The number of hydrogen-bond donors (Lipinski definition) is 4. The van der Waals surface area contributed by atoms with Gasteiger partial charge in [-0.25, -0.2) is 4.79 Å². The van der Waals surface area contributed by atoms with Crippen molar-refractivity contribution in [1.29, 1.82) is 0 Å². The van der Waals surface area contributed by atoms with Crippen LogP contribution in [0.3, 0.4) is 0 Å². The minimum absolute atomic E-state index is 0.129. The van der Waals surface area contributed by atoms with E-state index >= 15 is 0 Å². The summed E-state index contributed by atoms with van der Waals surface area (Å²) in [6, 6.07) is 4.23. The highest BCUT2D eigenvalue weighted by Crippen LogP contribution is 2.34. The van der Waals surface area contributed by atoms with Crippen molar-refractivity contribution in [3.05, 3.63) is 52.5 Å². The number of anilines is 1. The zero-order chi connectivity index (χ0) is 22.7. The van der Waals surface area contributed by atoms with Crippen molar-refractivity contribution in [3.63, 3.8) is 0 Å². The van der Waals surface area contributed by atoms with E-state index in [1.807, 2.05) is 0 Å². The zero-order valence-corrected chi connectivity index (χ0v) is 16.5. The van der Waals surface area contributed by atoms with E-state index in [-0.39, 0.29) is 30.5 Å². The molecule has 0 unspecified atom stereocenters. The Morgan fingerprint density at radius 3 is 2.53 bits per heavy atom. The predicted molar refractivity (Wildman–Crippen MR) is 105 cm³/mol. The van der Waals surface area contributed by atoms with Gasteiger partial charge in [0.2, 0.25) is 5.91 Å². The Hall–Kier alpha value is -2.85. The Morgan fingerprint density at radius 1 is 1.27 bits per heavy atom. The van der Waals surface area contributed by atoms with Crippen LogP contribution in [0.15, 0.2) is 45.8 Å². The number of benzene rings is 1. The van der Waals surface area contributed by atoms with E-state index in [0.717, 1.165) is 0 Å². The number of halogens is 3. The molecule has 0 spiro atoms. The first-order valence-electron chi connectivity index (χ1n) is 9.01. The zero-order valence-electron chi connectivity index (χ0n) is 16.5. The third-order valence-corrected chi connectivity index (χ3v) is 4.49. The fourth-order valence-corrected chi connectivity index (χ4v) is 2.62. The van der Waals surface area contributed by atoms with Crippen LogP contribution in [0.2, 0.25) is 0 Å². The molecule has 0 aliphatic rings. The number of amides is 1. The van der Waals surface area contributed by atoms with Gasteiger partial charge in [-0.2, -0.15) is 13.2 Å². The van der Waals surface area contributed by atoms with Crippen LogP contribution >= 0.6 is 0 Å². The van der Waals surface area contributed by atoms with Crippen molar-refractivity contribution in [3.8, 4) is 0 Å². The van der Waals surface area contributed by atoms with Gasteiger partial charge < -0.3 is 25.3 Å². The van der Waals surface area contributed by atoms with Crippen LogP contribution in [0.25, 0.3) is 11.0 Å². The molecule has 1 amide bonds. The monoisotopic (exact) mass is 428 g/mol. The molecule has 0 radical (unpaired) electrons. The number of rotatable bonds is 8. The molecule has 0 aliphatic carbocycles. The molecule has 7 nitrogen and oxygen atoms in total. The van der Waals surface area contributed by atoms with E-state index in [2.05, 4.69) is 17.2 Å². The molecule has 1 atom stereocenters. The highest BCUT2D eigenvalue weighted by Gasteiger charge is 2.34.